The van der Waals surface area contributed by atoms with Gasteiger partial charge in [0, 0.05) is 70.5 Å². The van der Waals surface area contributed by atoms with Crippen LogP contribution in [0.25, 0.3) is 0 Å². The molecule has 10 heteroatoms. The van der Waals surface area contributed by atoms with E-state index in [9.17, 15) is 9.59 Å². The number of rotatable bonds is 6. The molecule has 7 atom stereocenters. The molecule has 0 aromatic rings. The van der Waals surface area contributed by atoms with Crippen molar-refractivity contribution in [3.05, 3.63) is 11.8 Å². The maximum absolute atomic E-state index is 16.1. The highest BCUT2D eigenvalue weighted by atomic mass is 19.1. The van der Waals surface area contributed by atoms with Crippen LogP contribution >= 0.6 is 0 Å². The smallest absolute Gasteiger partial charge is 0.256 e. The van der Waals surface area contributed by atoms with Crippen molar-refractivity contribution in [1.29, 1.82) is 0 Å². The molecule has 9 nitrogen and oxygen atoms in total. The second kappa shape index (κ2) is 11.7. The van der Waals surface area contributed by atoms with Crippen molar-refractivity contribution in [3.63, 3.8) is 0 Å². The zero-order valence-electron chi connectivity index (χ0n) is 23.6. The lowest BCUT2D eigenvalue weighted by Crippen LogP contribution is -2.74. The summed E-state index contributed by atoms with van der Waals surface area (Å²) in [6.45, 7) is 12.2. The van der Waals surface area contributed by atoms with Crippen LogP contribution in [-0.2, 0) is 19.1 Å². The first-order chi connectivity index (χ1) is 18.9. The molecule has 1 amide bonds. The molecule has 2 saturated carbocycles. The van der Waals surface area contributed by atoms with Gasteiger partial charge in [-0.15, -0.1) is 0 Å². The first-order valence-corrected chi connectivity index (χ1v) is 15.3. The maximum atomic E-state index is 16.1. The summed E-state index contributed by atoms with van der Waals surface area (Å²) in [6.07, 6.45) is 4.62. The Morgan fingerprint density at radius 2 is 1.82 bits per heavy atom. The molecule has 0 aromatic heterocycles. The Kier molecular flexibility index (Phi) is 8.29. The third-order valence-corrected chi connectivity index (χ3v) is 10.1. The van der Waals surface area contributed by atoms with E-state index in [0.717, 1.165) is 71.5 Å². The van der Waals surface area contributed by atoms with Crippen LogP contribution in [0.5, 0.6) is 0 Å². The quantitative estimate of drug-likeness (QED) is 0.495. The lowest BCUT2D eigenvalue weighted by molar-refractivity contribution is -0.213. The zero-order valence-corrected chi connectivity index (χ0v) is 23.6. The van der Waals surface area contributed by atoms with Crippen molar-refractivity contribution in [2.75, 3.05) is 65.6 Å². The molecular formula is C29H46FN5O4. The second-order valence-electron chi connectivity index (χ2n) is 12.6. The van der Waals surface area contributed by atoms with Crippen LogP contribution in [0.2, 0.25) is 0 Å². The number of piperazine rings is 1. The van der Waals surface area contributed by atoms with Gasteiger partial charge >= 0.3 is 0 Å². The van der Waals surface area contributed by atoms with E-state index >= 15 is 4.39 Å². The normalized spacial score (nSPS) is 38.3. The van der Waals surface area contributed by atoms with Crippen molar-refractivity contribution in [3.8, 4) is 0 Å². The van der Waals surface area contributed by atoms with Gasteiger partial charge in [-0.3, -0.25) is 24.3 Å². The SMILES string of the molecule is CC(C)N1CCN(C2C(F)CC3C(=O)C(C(=O)NCCN4CCOCC4)=CN4C5CCCCC5OC2C34)CC1. The van der Waals surface area contributed by atoms with Gasteiger partial charge in [0.2, 0.25) is 0 Å². The van der Waals surface area contributed by atoms with E-state index in [0.29, 0.717) is 25.8 Å². The summed E-state index contributed by atoms with van der Waals surface area (Å²) < 4.78 is 28.3. The fourth-order valence-corrected chi connectivity index (χ4v) is 7.96. The second-order valence-corrected chi connectivity index (χ2v) is 12.6. The van der Waals surface area contributed by atoms with Crippen LogP contribution in [0.4, 0.5) is 4.39 Å². The number of morpholine rings is 2. The third-order valence-electron chi connectivity index (χ3n) is 10.1. The summed E-state index contributed by atoms with van der Waals surface area (Å²) in [7, 11) is 0. The van der Waals surface area contributed by atoms with E-state index < -0.39 is 12.1 Å². The molecule has 39 heavy (non-hydrogen) atoms. The number of Topliss-reactive ketones (excluding diaryl/α,β-unsaturated/α-hetero) is 1. The maximum Gasteiger partial charge on any atom is 0.256 e. The average Bonchev–Trinajstić information content (AvgIpc) is 2.95. The van der Waals surface area contributed by atoms with E-state index in [1.165, 1.54) is 0 Å². The number of halogens is 1. The van der Waals surface area contributed by atoms with Gasteiger partial charge in [-0.05, 0) is 33.1 Å². The number of fused-ring (bicyclic) bond motifs is 2. The molecule has 0 aromatic carbocycles. The summed E-state index contributed by atoms with van der Waals surface area (Å²) in [5, 5.41) is 2.98. The number of nitrogens with one attached hydrogen (secondary N) is 1. The van der Waals surface area contributed by atoms with Gasteiger partial charge in [0.05, 0.1) is 49.1 Å². The predicted octanol–water partition coefficient (Wildman–Crippen LogP) is 1.03. The average molecular weight is 548 g/mol. The monoisotopic (exact) mass is 547 g/mol. The number of hydrogen-bond acceptors (Lipinski definition) is 8. The molecule has 4 aliphatic heterocycles. The Hall–Kier alpha value is -1.59. The Bertz CT molecular complexity index is 935. The van der Waals surface area contributed by atoms with Crippen molar-refractivity contribution in [1.82, 2.24) is 24.9 Å². The molecule has 3 saturated heterocycles. The molecule has 6 rings (SSSR count). The minimum Gasteiger partial charge on any atom is -0.379 e. The van der Waals surface area contributed by atoms with Crippen LogP contribution in [0.1, 0.15) is 46.0 Å². The Balaban J connectivity index is 1.22. The fraction of sp³-hybridized carbons (Fsp3) is 0.862. The van der Waals surface area contributed by atoms with Crippen LogP contribution in [-0.4, -0.2) is 139 Å². The molecule has 0 bridgehead atoms. The topological polar surface area (TPSA) is 77.6 Å². The molecule has 2 aliphatic carbocycles. The Morgan fingerprint density at radius 3 is 2.56 bits per heavy atom. The largest absolute Gasteiger partial charge is 0.379 e. The number of alkyl halides is 1. The summed E-state index contributed by atoms with van der Waals surface area (Å²) >= 11 is 0. The number of carbonyl (C=O) groups is 2. The van der Waals surface area contributed by atoms with E-state index in [1.54, 1.807) is 0 Å². The van der Waals surface area contributed by atoms with Crippen molar-refractivity contribution in [2.45, 2.75) is 88.5 Å². The number of hydrogen-bond donors (Lipinski definition) is 1. The lowest BCUT2D eigenvalue weighted by atomic mass is 9.69. The first kappa shape index (κ1) is 27.6. The highest BCUT2D eigenvalue weighted by Gasteiger charge is 2.59. The van der Waals surface area contributed by atoms with Crippen LogP contribution in [0, 0.1) is 5.92 Å². The third kappa shape index (κ3) is 5.39. The molecule has 7 unspecified atom stereocenters. The number of nitrogens with zero attached hydrogens (tertiary/aromatic N) is 4. The van der Waals surface area contributed by atoms with Crippen molar-refractivity contribution >= 4 is 11.7 Å². The van der Waals surface area contributed by atoms with E-state index in [2.05, 4.69) is 38.8 Å². The minimum absolute atomic E-state index is 0.0143. The van der Waals surface area contributed by atoms with E-state index in [4.69, 9.17) is 9.47 Å². The first-order valence-electron chi connectivity index (χ1n) is 15.3. The minimum atomic E-state index is -1.16. The van der Waals surface area contributed by atoms with Gasteiger partial charge in [0.15, 0.2) is 5.78 Å². The highest BCUT2D eigenvalue weighted by Crippen LogP contribution is 2.46. The standard InChI is InChI=1S/C29H46FN5O4/c1-19(2)33-9-11-34(12-10-33)26-22(30)17-20-25-28(26)39-24-6-4-3-5-23(24)35(25)18-21(27(20)36)29(37)31-7-8-32-13-15-38-16-14-32/h18-20,22-26,28H,3-17H2,1-2H3,(H,31,37). The summed E-state index contributed by atoms with van der Waals surface area (Å²) in [6, 6.07) is 0.0623. The fourth-order valence-electron chi connectivity index (χ4n) is 7.96. The molecule has 218 valence electrons. The van der Waals surface area contributed by atoms with Crippen molar-refractivity contribution < 1.29 is 23.5 Å². The van der Waals surface area contributed by atoms with Crippen LogP contribution in [0.3, 0.4) is 0 Å². The molecule has 0 radical (unpaired) electrons. The summed E-state index contributed by atoms with van der Waals surface area (Å²) in [4.78, 5) is 36.4. The van der Waals surface area contributed by atoms with Gasteiger partial charge in [-0.1, -0.05) is 12.8 Å². The molecule has 1 N–H and O–H groups in total. The van der Waals surface area contributed by atoms with E-state index in [-0.39, 0.29) is 54.0 Å². The summed E-state index contributed by atoms with van der Waals surface area (Å²) in [5.74, 6) is -1.09. The van der Waals surface area contributed by atoms with Gasteiger partial charge in [0.25, 0.3) is 5.91 Å². The predicted molar refractivity (Wildman–Crippen MR) is 145 cm³/mol. The zero-order chi connectivity index (χ0) is 27.1. The summed E-state index contributed by atoms with van der Waals surface area (Å²) in [5.41, 5.74) is 0.194. The Morgan fingerprint density at radius 1 is 1.08 bits per heavy atom. The number of amides is 1. The van der Waals surface area contributed by atoms with Gasteiger partial charge in [-0.25, -0.2) is 4.39 Å². The van der Waals surface area contributed by atoms with Gasteiger partial charge in [0.1, 0.15) is 6.17 Å². The molecule has 4 heterocycles. The number of carbonyl (C=O) groups excluding carboxylic acids is 2. The Labute approximate surface area is 232 Å². The van der Waals surface area contributed by atoms with Crippen LogP contribution in [0.15, 0.2) is 11.8 Å². The van der Waals surface area contributed by atoms with E-state index in [1.807, 2.05) is 6.20 Å². The van der Waals surface area contributed by atoms with Gasteiger partial charge < -0.3 is 19.7 Å². The molecular weight excluding hydrogens is 501 g/mol. The molecule has 0 spiro atoms. The number of ketones is 1. The molecule has 6 aliphatic rings. The van der Waals surface area contributed by atoms with Gasteiger partial charge in [-0.2, -0.15) is 0 Å². The van der Waals surface area contributed by atoms with Crippen LogP contribution < -0.4 is 5.32 Å². The molecule has 5 fully saturated rings. The highest BCUT2D eigenvalue weighted by molar-refractivity contribution is 6.20. The van der Waals surface area contributed by atoms with Crippen molar-refractivity contribution in [2.24, 2.45) is 5.92 Å². The number of ether oxygens (including phenoxy) is 2. The lowest BCUT2D eigenvalue weighted by Gasteiger charge is -2.60.